The first-order valence-corrected chi connectivity index (χ1v) is 8.40. The molecule has 1 atom stereocenters. The van der Waals surface area contributed by atoms with Gasteiger partial charge in [-0.1, -0.05) is 30.3 Å². The molecule has 5 nitrogen and oxygen atoms in total. The third-order valence-electron chi connectivity index (χ3n) is 3.78. The summed E-state index contributed by atoms with van der Waals surface area (Å²) in [6.07, 6.45) is 2.43. The molecule has 1 aromatic heterocycles. The highest BCUT2D eigenvalue weighted by Gasteiger charge is 2.32. The Balaban J connectivity index is 1.78. The third-order valence-corrected chi connectivity index (χ3v) is 5.02. The van der Waals surface area contributed by atoms with E-state index in [1.165, 1.54) is 0 Å². The molecule has 1 saturated heterocycles. The zero-order chi connectivity index (χ0) is 15.6. The Hall–Kier alpha value is -1.79. The summed E-state index contributed by atoms with van der Waals surface area (Å²) < 4.78 is 1.64. The van der Waals surface area contributed by atoms with Gasteiger partial charge in [0.15, 0.2) is 0 Å². The van der Waals surface area contributed by atoms with Crippen LogP contribution in [0.4, 0.5) is 0 Å². The van der Waals surface area contributed by atoms with Crippen molar-refractivity contribution in [3.63, 3.8) is 0 Å². The lowest BCUT2D eigenvalue weighted by atomic mass is 10.0. The van der Waals surface area contributed by atoms with Crippen molar-refractivity contribution in [3.8, 4) is 11.3 Å². The average Bonchev–Trinajstić information content (AvgIpc) is 3.13. The Morgan fingerprint density at radius 1 is 1.45 bits per heavy atom. The minimum absolute atomic E-state index is 0.197. The topological polar surface area (TPSA) is 67.2 Å². The Kier molecular flexibility index (Phi) is 4.22. The molecule has 1 aromatic carbocycles. The van der Waals surface area contributed by atoms with Crippen LogP contribution in [0.25, 0.3) is 11.3 Å². The summed E-state index contributed by atoms with van der Waals surface area (Å²) in [5.74, 6) is 1.41. The number of hydrogen-bond donors (Lipinski definition) is 2. The maximum absolute atomic E-state index is 12.5. The van der Waals surface area contributed by atoms with E-state index in [-0.39, 0.29) is 12.5 Å². The molecule has 0 bridgehead atoms. The first-order valence-electron chi connectivity index (χ1n) is 7.25. The Morgan fingerprint density at radius 2 is 2.23 bits per heavy atom. The summed E-state index contributed by atoms with van der Waals surface area (Å²) in [4.78, 5) is 12.5. The highest BCUT2D eigenvalue weighted by Crippen LogP contribution is 2.27. The predicted octanol–water partition coefficient (Wildman–Crippen LogP) is 1.68. The first kappa shape index (κ1) is 15.1. The van der Waals surface area contributed by atoms with Crippen molar-refractivity contribution in [1.29, 1.82) is 0 Å². The molecule has 1 aliphatic heterocycles. The second-order valence-corrected chi connectivity index (χ2v) is 6.75. The van der Waals surface area contributed by atoms with Crippen LogP contribution in [0, 0.1) is 0 Å². The van der Waals surface area contributed by atoms with Crippen molar-refractivity contribution < 1.29 is 9.90 Å². The van der Waals surface area contributed by atoms with Crippen LogP contribution in [-0.2, 0) is 7.05 Å². The van der Waals surface area contributed by atoms with E-state index in [1.54, 1.807) is 29.7 Å². The lowest BCUT2D eigenvalue weighted by Crippen LogP contribution is -2.43. The number of rotatable bonds is 4. The number of carbonyl (C=O) groups excluding carboxylic acids is 1. The molecule has 0 spiro atoms. The number of benzene rings is 1. The van der Waals surface area contributed by atoms with E-state index >= 15 is 0 Å². The van der Waals surface area contributed by atoms with Crippen molar-refractivity contribution in [1.82, 2.24) is 15.1 Å². The summed E-state index contributed by atoms with van der Waals surface area (Å²) in [6.45, 7) is 0.280. The number of hydrogen-bond acceptors (Lipinski definition) is 4. The van der Waals surface area contributed by atoms with Crippen molar-refractivity contribution in [2.45, 2.75) is 12.0 Å². The van der Waals surface area contributed by atoms with Crippen molar-refractivity contribution in [2.24, 2.45) is 7.05 Å². The fourth-order valence-corrected chi connectivity index (χ4v) is 3.83. The smallest absolute Gasteiger partial charge is 0.255 e. The van der Waals surface area contributed by atoms with Crippen LogP contribution in [0.5, 0.6) is 0 Å². The van der Waals surface area contributed by atoms with Gasteiger partial charge >= 0.3 is 0 Å². The summed E-state index contributed by atoms with van der Waals surface area (Å²) in [5, 5.41) is 17.6. The van der Waals surface area contributed by atoms with Crippen molar-refractivity contribution in [3.05, 3.63) is 42.1 Å². The Labute approximate surface area is 133 Å². The SMILES string of the molecule is Cn1cc(C(=O)NCC2(O)CCSC2)c(-c2ccccc2)n1. The molecule has 2 aromatic rings. The minimum Gasteiger partial charge on any atom is -0.387 e. The van der Waals surface area contributed by atoms with E-state index in [0.29, 0.717) is 17.0 Å². The van der Waals surface area contributed by atoms with Gasteiger partial charge in [-0.25, -0.2) is 0 Å². The lowest BCUT2D eigenvalue weighted by molar-refractivity contribution is 0.0613. The molecule has 0 aliphatic carbocycles. The molecular formula is C16H19N3O2S. The van der Waals surface area contributed by atoms with E-state index in [2.05, 4.69) is 10.4 Å². The third kappa shape index (κ3) is 3.18. The van der Waals surface area contributed by atoms with Crippen LogP contribution in [-0.4, -0.2) is 44.4 Å². The zero-order valence-corrected chi connectivity index (χ0v) is 13.3. The van der Waals surface area contributed by atoms with Gasteiger partial charge < -0.3 is 10.4 Å². The van der Waals surface area contributed by atoms with Gasteiger partial charge in [-0.2, -0.15) is 16.9 Å². The quantitative estimate of drug-likeness (QED) is 0.900. The van der Waals surface area contributed by atoms with E-state index in [0.717, 1.165) is 17.7 Å². The lowest BCUT2D eigenvalue weighted by Gasteiger charge is -2.21. The van der Waals surface area contributed by atoms with Gasteiger partial charge in [0.05, 0.1) is 11.2 Å². The minimum atomic E-state index is -0.782. The molecule has 116 valence electrons. The van der Waals surface area contributed by atoms with E-state index < -0.39 is 5.60 Å². The van der Waals surface area contributed by atoms with Gasteiger partial charge in [0.25, 0.3) is 5.91 Å². The molecule has 1 unspecified atom stereocenters. The van der Waals surface area contributed by atoms with Crippen LogP contribution in [0.3, 0.4) is 0 Å². The summed E-state index contributed by atoms with van der Waals surface area (Å²) in [5.41, 5.74) is 1.31. The highest BCUT2D eigenvalue weighted by atomic mass is 32.2. The largest absolute Gasteiger partial charge is 0.387 e. The Bertz CT molecular complexity index is 663. The first-order chi connectivity index (χ1) is 10.6. The number of aryl methyl sites for hydroxylation is 1. The van der Waals surface area contributed by atoms with Gasteiger partial charge in [0.2, 0.25) is 0 Å². The number of amides is 1. The molecule has 1 fully saturated rings. The highest BCUT2D eigenvalue weighted by molar-refractivity contribution is 7.99. The second-order valence-electron chi connectivity index (χ2n) is 5.64. The second kappa shape index (κ2) is 6.14. The number of nitrogens with zero attached hydrogens (tertiary/aromatic N) is 2. The van der Waals surface area contributed by atoms with Gasteiger partial charge in [-0.15, -0.1) is 0 Å². The number of thioether (sulfide) groups is 1. The van der Waals surface area contributed by atoms with E-state index in [4.69, 9.17) is 0 Å². The number of aliphatic hydroxyl groups is 1. The van der Waals surface area contributed by atoms with Crippen LogP contribution in [0.15, 0.2) is 36.5 Å². The van der Waals surface area contributed by atoms with Gasteiger partial charge in [-0.3, -0.25) is 9.48 Å². The van der Waals surface area contributed by atoms with Gasteiger partial charge in [0, 0.05) is 31.1 Å². The van der Waals surface area contributed by atoms with Gasteiger partial charge in [0.1, 0.15) is 5.69 Å². The maximum Gasteiger partial charge on any atom is 0.255 e. The summed E-state index contributed by atoms with van der Waals surface area (Å²) in [6, 6.07) is 9.63. The number of aromatic nitrogens is 2. The molecule has 2 N–H and O–H groups in total. The fraction of sp³-hybridized carbons (Fsp3) is 0.375. The molecular weight excluding hydrogens is 298 g/mol. The van der Waals surface area contributed by atoms with E-state index in [1.807, 2.05) is 30.3 Å². The van der Waals surface area contributed by atoms with E-state index in [9.17, 15) is 9.90 Å². The van der Waals surface area contributed by atoms with Crippen molar-refractivity contribution >= 4 is 17.7 Å². The molecule has 1 amide bonds. The average molecular weight is 317 g/mol. The van der Waals surface area contributed by atoms with Crippen LogP contribution in [0.1, 0.15) is 16.8 Å². The molecule has 0 saturated carbocycles. The fourth-order valence-electron chi connectivity index (χ4n) is 2.54. The van der Waals surface area contributed by atoms with Crippen LogP contribution in [0.2, 0.25) is 0 Å². The molecule has 22 heavy (non-hydrogen) atoms. The monoisotopic (exact) mass is 317 g/mol. The number of carbonyl (C=O) groups is 1. The summed E-state index contributed by atoms with van der Waals surface area (Å²) in [7, 11) is 1.80. The maximum atomic E-state index is 12.5. The molecule has 3 rings (SSSR count). The zero-order valence-electron chi connectivity index (χ0n) is 12.5. The Morgan fingerprint density at radius 3 is 2.91 bits per heavy atom. The molecule has 0 radical (unpaired) electrons. The normalized spacial score (nSPS) is 21.0. The standard InChI is InChI=1S/C16H19N3O2S/c1-19-9-13(14(18-19)12-5-3-2-4-6-12)15(20)17-10-16(21)7-8-22-11-16/h2-6,9,21H,7-8,10-11H2,1H3,(H,17,20). The van der Waals surface area contributed by atoms with Gasteiger partial charge in [-0.05, 0) is 12.2 Å². The molecule has 2 heterocycles. The number of nitrogens with one attached hydrogen (secondary N) is 1. The van der Waals surface area contributed by atoms with Crippen LogP contribution < -0.4 is 5.32 Å². The molecule has 1 aliphatic rings. The van der Waals surface area contributed by atoms with Crippen molar-refractivity contribution in [2.75, 3.05) is 18.1 Å². The predicted molar refractivity (Wildman–Crippen MR) is 87.9 cm³/mol. The van der Waals surface area contributed by atoms with Crippen LogP contribution >= 0.6 is 11.8 Å². The molecule has 6 heteroatoms. The summed E-state index contributed by atoms with van der Waals surface area (Å²) >= 11 is 1.71.